The van der Waals surface area contributed by atoms with E-state index in [4.69, 9.17) is 9.15 Å². The number of amides is 1. The quantitative estimate of drug-likeness (QED) is 0.924. The van der Waals surface area contributed by atoms with Gasteiger partial charge in [0.2, 0.25) is 5.91 Å². The number of carbonyl (C=O) groups excluding carboxylic acids is 1. The lowest BCUT2D eigenvalue weighted by Crippen LogP contribution is -2.30. The highest BCUT2D eigenvalue weighted by atomic mass is 16.5. The number of carbonyl (C=O) groups is 1. The predicted molar refractivity (Wildman–Crippen MR) is 72.7 cm³/mol. The Morgan fingerprint density at radius 1 is 1.40 bits per heavy atom. The highest BCUT2D eigenvalue weighted by molar-refractivity contribution is 5.79. The summed E-state index contributed by atoms with van der Waals surface area (Å²) < 4.78 is 10.3. The van der Waals surface area contributed by atoms with E-state index in [-0.39, 0.29) is 11.8 Å². The van der Waals surface area contributed by atoms with Crippen molar-refractivity contribution in [2.45, 2.75) is 13.0 Å². The first-order chi connectivity index (χ1) is 9.83. The fourth-order valence-corrected chi connectivity index (χ4v) is 2.25. The SMILES string of the molecule is O=C(NCc1cncc(-c2ccoc2)c1)[C@H]1CCOC1. The summed E-state index contributed by atoms with van der Waals surface area (Å²) in [6.07, 6.45) is 7.65. The third-order valence-corrected chi connectivity index (χ3v) is 3.42. The normalized spacial score (nSPS) is 18.1. The molecule has 20 heavy (non-hydrogen) atoms. The summed E-state index contributed by atoms with van der Waals surface area (Å²) >= 11 is 0. The highest BCUT2D eigenvalue weighted by Gasteiger charge is 2.22. The zero-order valence-electron chi connectivity index (χ0n) is 11.0. The maximum Gasteiger partial charge on any atom is 0.225 e. The molecule has 0 radical (unpaired) electrons. The number of furan rings is 1. The maximum atomic E-state index is 11.9. The van der Waals surface area contributed by atoms with Gasteiger partial charge in [-0.25, -0.2) is 0 Å². The summed E-state index contributed by atoms with van der Waals surface area (Å²) in [5.74, 6) is 0.0382. The first-order valence-electron chi connectivity index (χ1n) is 6.65. The Morgan fingerprint density at radius 3 is 3.10 bits per heavy atom. The minimum atomic E-state index is -0.0139. The molecular weight excluding hydrogens is 256 g/mol. The Hall–Kier alpha value is -2.14. The van der Waals surface area contributed by atoms with Crippen LogP contribution < -0.4 is 5.32 Å². The summed E-state index contributed by atoms with van der Waals surface area (Å²) in [7, 11) is 0. The number of aromatic nitrogens is 1. The van der Waals surface area contributed by atoms with E-state index in [2.05, 4.69) is 10.3 Å². The first-order valence-corrected chi connectivity index (χ1v) is 6.65. The average molecular weight is 272 g/mol. The van der Waals surface area contributed by atoms with Crippen molar-refractivity contribution in [2.24, 2.45) is 5.92 Å². The van der Waals surface area contributed by atoms with Gasteiger partial charge in [0.05, 0.1) is 25.1 Å². The van der Waals surface area contributed by atoms with Crippen LogP contribution in [-0.4, -0.2) is 24.1 Å². The third kappa shape index (κ3) is 2.88. The Kier molecular flexibility index (Phi) is 3.78. The number of rotatable bonds is 4. The van der Waals surface area contributed by atoms with Crippen LogP contribution in [0.4, 0.5) is 0 Å². The van der Waals surface area contributed by atoms with Gasteiger partial charge in [0.1, 0.15) is 0 Å². The van der Waals surface area contributed by atoms with Crippen molar-refractivity contribution in [3.63, 3.8) is 0 Å². The summed E-state index contributed by atoms with van der Waals surface area (Å²) in [5.41, 5.74) is 2.93. The van der Waals surface area contributed by atoms with Crippen LogP contribution in [0.1, 0.15) is 12.0 Å². The Labute approximate surface area is 117 Å². The summed E-state index contributed by atoms with van der Waals surface area (Å²) in [6.45, 7) is 1.68. The number of pyridine rings is 1. The number of hydrogen-bond donors (Lipinski definition) is 1. The van der Waals surface area contributed by atoms with Gasteiger partial charge < -0.3 is 14.5 Å². The van der Waals surface area contributed by atoms with Crippen LogP contribution in [0, 0.1) is 5.92 Å². The van der Waals surface area contributed by atoms with Crippen molar-refractivity contribution < 1.29 is 13.9 Å². The molecule has 5 nitrogen and oxygen atoms in total. The van der Waals surface area contributed by atoms with Crippen LogP contribution >= 0.6 is 0 Å². The van der Waals surface area contributed by atoms with E-state index < -0.39 is 0 Å². The van der Waals surface area contributed by atoms with Gasteiger partial charge in [0, 0.05) is 36.7 Å². The highest BCUT2D eigenvalue weighted by Crippen LogP contribution is 2.19. The largest absolute Gasteiger partial charge is 0.472 e. The molecule has 0 saturated carbocycles. The lowest BCUT2D eigenvalue weighted by Gasteiger charge is -2.09. The molecule has 1 N–H and O–H groups in total. The van der Waals surface area contributed by atoms with Gasteiger partial charge in [-0.1, -0.05) is 0 Å². The molecule has 0 spiro atoms. The van der Waals surface area contributed by atoms with E-state index in [0.717, 1.165) is 23.1 Å². The van der Waals surface area contributed by atoms with Gasteiger partial charge in [-0.05, 0) is 24.1 Å². The van der Waals surface area contributed by atoms with Gasteiger partial charge in [0.25, 0.3) is 0 Å². The van der Waals surface area contributed by atoms with E-state index in [9.17, 15) is 4.79 Å². The summed E-state index contributed by atoms with van der Waals surface area (Å²) in [5, 5.41) is 2.93. The molecule has 0 bridgehead atoms. The number of nitrogens with one attached hydrogen (secondary N) is 1. The zero-order valence-corrected chi connectivity index (χ0v) is 11.0. The minimum absolute atomic E-state index is 0.0139. The van der Waals surface area contributed by atoms with Gasteiger partial charge in [-0.2, -0.15) is 0 Å². The van der Waals surface area contributed by atoms with Crippen LogP contribution in [0.2, 0.25) is 0 Å². The van der Waals surface area contributed by atoms with E-state index in [1.807, 2.05) is 12.1 Å². The average Bonchev–Trinajstić information content (AvgIpc) is 3.17. The van der Waals surface area contributed by atoms with Crippen molar-refractivity contribution in [1.29, 1.82) is 0 Å². The first kappa shape index (κ1) is 12.9. The molecule has 104 valence electrons. The Morgan fingerprint density at radius 2 is 2.35 bits per heavy atom. The molecule has 1 aliphatic heterocycles. The predicted octanol–water partition coefficient (Wildman–Crippen LogP) is 1.99. The maximum absolute atomic E-state index is 11.9. The van der Waals surface area contributed by atoms with Gasteiger partial charge in [0.15, 0.2) is 0 Å². The van der Waals surface area contributed by atoms with Crippen LogP contribution in [-0.2, 0) is 16.1 Å². The molecule has 0 unspecified atom stereocenters. The van der Waals surface area contributed by atoms with Crippen molar-refractivity contribution in [2.75, 3.05) is 13.2 Å². The lowest BCUT2D eigenvalue weighted by atomic mass is 10.1. The summed E-state index contributed by atoms with van der Waals surface area (Å²) in [6, 6.07) is 3.89. The van der Waals surface area contributed by atoms with E-state index in [1.165, 1.54) is 0 Å². The van der Waals surface area contributed by atoms with Crippen molar-refractivity contribution >= 4 is 5.91 Å². The molecule has 1 fully saturated rings. The Balaban J connectivity index is 1.63. The topological polar surface area (TPSA) is 64.4 Å². The Bertz CT molecular complexity index is 575. The van der Waals surface area contributed by atoms with Crippen LogP contribution in [0.15, 0.2) is 41.5 Å². The number of nitrogens with zero attached hydrogens (tertiary/aromatic N) is 1. The van der Waals surface area contributed by atoms with Gasteiger partial charge in [-0.3, -0.25) is 9.78 Å². The molecule has 5 heteroatoms. The van der Waals surface area contributed by atoms with Crippen LogP contribution in [0.25, 0.3) is 11.1 Å². The molecule has 2 aromatic rings. The molecule has 1 atom stereocenters. The van der Waals surface area contributed by atoms with Crippen LogP contribution in [0.3, 0.4) is 0 Å². The second kappa shape index (κ2) is 5.88. The third-order valence-electron chi connectivity index (χ3n) is 3.42. The molecule has 3 rings (SSSR count). The second-order valence-corrected chi connectivity index (χ2v) is 4.87. The van der Waals surface area contributed by atoms with Crippen molar-refractivity contribution in [1.82, 2.24) is 10.3 Å². The lowest BCUT2D eigenvalue weighted by molar-refractivity contribution is -0.125. The minimum Gasteiger partial charge on any atom is -0.472 e. The second-order valence-electron chi connectivity index (χ2n) is 4.87. The number of ether oxygens (including phenoxy) is 1. The smallest absolute Gasteiger partial charge is 0.225 e. The molecule has 0 aromatic carbocycles. The van der Waals surface area contributed by atoms with Crippen LogP contribution in [0.5, 0.6) is 0 Å². The fraction of sp³-hybridized carbons (Fsp3) is 0.333. The van der Waals surface area contributed by atoms with E-state index in [1.54, 1.807) is 24.9 Å². The molecule has 1 saturated heterocycles. The monoisotopic (exact) mass is 272 g/mol. The van der Waals surface area contributed by atoms with Crippen molar-refractivity contribution in [3.8, 4) is 11.1 Å². The summed E-state index contributed by atoms with van der Waals surface area (Å²) in [4.78, 5) is 16.1. The molecular formula is C15H16N2O3. The zero-order chi connectivity index (χ0) is 13.8. The molecule has 2 aromatic heterocycles. The molecule has 1 amide bonds. The van der Waals surface area contributed by atoms with E-state index in [0.29, 0.717) is 19.8 Å². The molecule has 1 aliphatic rings. The number of hydrogen-bond acceptors (Lipinski definition) is 4. The fourth-order valence-electron chi connectivity index (χ4n) is 2.25. The molecule has 0 aliphatic carbocycles. The van der Waals surface area contributed by atoms with E-state index >= 15 is 0 Å². The molecule has 3 heterocycles. The van der Waals surface area contributed by atoms with Crippen molar-refractivity contribution in [3.05, 3.63) is 42.6 Å². The van der Waals surface area contributed by atoms with Gasteiger partial charge >= 0.3 is 0 Å². The standard InChI is InChI=1S/C15H16N2O3/c18-15(13-2-4-20-10-13)17-7-11-5-14(8-16-6-11)12-1-3-19-9-12/h1,3,5-6,8-9,13H,2,4,7,10H2,(H,17,18)/t13-/m0/s1. The van der Waals surface area contributed by atoms with Gasteiger partial charge in [-0.15, -0.1) is 0 Å².